The minimum Gasteiger partial charge on any atom is -0.350 e. The van der Waals surface area contributed by atoms with Crippen LogP contribution in [0.15, 0.2) is 47.4 Å². The number of carbonyl (C=O) groups excluding carboxylic acids is 1. The summed E-state index contributed by atoms with van der Waals surface area (Å²) in [5, 5.41) is 2.71. The minimum absolute atomic E-state index is 0.00843. The smallest absolute Gasteiger partial charge is 0.262 e. The minimum atomic E-state index is -3.86. The summed E-state index contributed by atoms with van der Waals surface area (Å²) >= 11 is 0. The zero-order chi connectivity index (χ0) is 19.5. The third kappa shape index (κ3) is 5.27. The normalized spacial score (nSPS) is 11.9. The number of aryl methyl sites for hydroxylation is 1. The molecule has 0 unspecified atom stereocenters. The molecule has 140 valence electrons. The van der Waals surface area contributed by atoms with E-state index < -0.39 is 21.4 Å². The van der Waals surface area contributed by atoms with Crippen LogP contribution in [0.1, 0.15) is 29.8 Å². The predicted molar refractivity (Wildman–Crippen MR) is 99.0 cm³/mol. The lowest BCUT2D eigenvalue weighted by molar-refractivity contribution is 0.0946. The van der Waals surface area contributed by atoms with Crippen molar-refractivity contribution in [2.45, 2.75) is 31.2 Å². The third-order valence-electron chi connectivity index (χ3n) is 3.53. The first-order chi connectivity index (χ1) is 12.0. The third-order valence-corrected chi connectivity index (χ3v) is 5.07. The number of hydrogen-bond acceptors (Lipinski definition) is 4. The highest BCUT2D eigenvalue weighted by molar-refractivity contribution is 7.92. The Labute approximate surface area is 152 Å². The molecule has 0 fully saturated rings. The number of carbonyl (C=O) groups is 1. The van der Waals surface area contributed by atoms with Crippen molar-refractivity contribution in [3.63, 3.8) is 0 Å². The number of sulfonamides is 1. The highest BCUT2D eigenvalue weighted by atomic mass is 32.2. The lowest BCUT2D eigenvalue weighted by atomic mass is 10.1. The molecule has 2 aromatic carbocycles. The Morgan fingerprint density at radius 1 is 1.15 bits per heavy atom. The van der Waals surface area contributed by atoms with Crippen LogP contribution in [0.5, 0.6) is 0 Å². The number of nitrogens with two attached hydrogens (primary N) is 1. The number of hydrogen-bond donors (Lipinski definition) is 3. The van der Waals surface area contributed by atoms with E-state index in [1.54, 1.807) is 13.8 Å². The first-order valence-electron chi connectivity index (χ1n) is 7.94. The van der Waals surface area contributed by atoms with Gasteiger partial charge in [-0.2, -0.15) is 0 Å². The van der Waals surface area contributed by atoms with Gasteiger partial charge < -0.3 is 11.1 Å². The van der Waals surface area contributed by atoms with Crippen LogP contribution in [0.2, 0.25) is 0 Å². The van der Waals surface area contributed by atoms with Crippen molar-refractivity contribution in [1.29, 1.82) is 0 Å². The summed E-state index contributed by atoms with van der Waals surface area (Å²) in [7, 11) is -3.86. The van der Waals surface area contributed by atoms with Crippen molar-refractivity contribution in [1.82, 2.24) is 5.32 Å². The summed E-state index contributed by atoms with van der Waals surface area (Å²) in [6.07, 6.45) is 0. The summed E-state index contributed by atoms with van der Waals surface area (Å²) in [4.78, 5) is 12.0. The first kappa shape index (κ1) is 19.9. The molecule has 1 amide bonds. The summed E-state index contributed by atoms with van der Waals surface area (Å²) in [5.41, 5.74) is 6.27. The highest BCUT2D eigenvalue weighted by Crippen LogP contribution is 2.20. The molecule has 4 N–H and O–H groups in total. The second-order valence-electron chi connectivity index (χ2n) is 6.76. The van der Waals surface area contributed by atoms with E-state index in [0.717, 1.165) is 12.1 Å². The molecule has 2 aromatic rings. The fraction of sp³-hybridized carbons (Fsp3) is 0.278. The van der Waals surface area contributed by atoms with E-state index >= 15 is 0 Å². The van der Waals surface area contributed by atoms with Crippen molar-refractivity contribution < 1.29 is 17.6 Å². The van der Waals surface area contributed by atoms with Gasteiger partial charge >= 0.3 is 0 Å². The average molecular weight is 379 g/mol. The largest absolute Gasteiger partial charge is 0.350 e. The molecule has 0 spiro atoms. The monoisotopic (exact) mass is 379 g/mol. The molecule has 0 aromatic heterocycles. The van der Waals surface area contributed by atoms with E-state index in [9.17, 15) is 17.6 Å². The molecule has 0 radical (unpaired) electrons. The fourth-order valence-electron chi connectivity index (χ4n) is 2.22. The van der Waals surface area contributed by atoms with Crippen LogP contribution >= 0.6 is 0 Å². The van der Waals surface area contributed by atoms with E-state index in [1.165, 1.54) is 37.3 Å². The highest BCUT2D eigenvalue weighted by Gasteiger charge is 2.18. The summed E-state index contributed by atoms with van der Waals surface area (Å²) in [6.45, 7) is 5.42. The quantitative estimate of drug-likeness (QED) is 0.717. The number of nitrogens with one attached hydrogen (secondary N) is 2. The van der Waals surface area contributed by atoms with Gasteiger partial charge in [-0.25, -0.2) is 12.8 Å². The maximum absolute atomic E-state index is 13.2. The van der Waals surface area contributed by atoms with E-state index in [0.29, 0.717) is 23.4 Å². The van der Waals surface area contributed by atoms with E-state index in [-0.39, 0.29) is 10.8 Å². The van der Waals surface area contributed by atoms with Gasteiger partial charge in [-0.15, -0.1) is 0 Å². The molecule has 0 aliphatic heterocycles. The standard InChI is InChI=1S/C18H22FN3O3S/c1-12-10-14(19)6-9-16(12)26(24,25)22-15-7-4-13(5-8-15)17(23)21-11-18(2,3)20/h4-10,22H,11,20H2,1-3H3,(H,21,23). The number of amides is 1. The Bertz CT molecular complexity index is 904. The Balaban J connectivity index is 2.12. The Hall–Kier alpha value is -2.45. The van der Waals surface area contributed by atoms with Crippen LogP contribution in [0.3, 0.4) is 0 Å². The molecular formula is C18H22FN3O3S. The molecule has 0 aliphatic carbocycles. The molecule has 0 saturated heterocycles. The zero-order valence-electron chi connectivity index (χ0n) is 14.8. The second-order valence-corrected chi connectivity index (χ2v) is 8.41. The molecule has 0 bridgehead atoms. The van der Waals surface area contributed by atoms with E-state index in [1.807, 2.05) is 0 Å². The van der Waals surface area contributed by atoms with Crippen molar-refractivity contribution in [3.8, 4) is 0 Å². The Kier molecular flexibility index (Phi) is 5.68. The molecule has 0 atom stereocenters. The number of benzene rings is 2. The van der Waals surface area contributed by atoms with Gasteiger partial charge in [-0.3, -0.25) is 9.52 Å². The van der Waals surface area contributed by atoms with Crippen molar-refractivity contribution in [2.24, 2.45) is 5.73 Å². The number of halogens is 1. The van der Waals surface area contributed by atoms with Crippen LogP contribution < -0.4 is 15.8 Å². The fourth-order valence-corrected chi connectivity index (χ4v) is 3.51. The van der Waals surface area contributed by atoms with Gasteiger partial charge in [0.05, 0.1) is 4.90 Å². The van der Waals surface area contributed by atoms with Crippen LogP contribution in [-0.2, 0) is 10.0 Å². The number of rotatable bonds is 6. The summed E-state index contributed by atoms with van der Waals surface area (Å²) in [6, 6.07) is 9.44. The lowest BCUT2D eigenvalue weighted by Gasteiger charge is -2.19. The lowest BCUT2D eigenvalue weighted by Crippen LogP contribution is -2.45. The van der Waals surface area contributed by atoms with Crippen LogP contribution in [0.4, 0.5) is 10.1 Å². The topological polar surface area (TPSA) is 101 Å². The summed E-state index contributed by atoms with van der Waals surface area (Å²) in [5.74, 6) is -0.801. The van der Waals surface area contributed by atoms with Gasteiger partial charge in [0.1, 0.15) is 5.82 Å². The van der Waals surface area contributed by atoms with Crippen molar-refractivity contribution >= 4 is 21.6 Å². The molecule has 8 heteroatoms. The van der Waals surface area contributed by atoms with Gasteiger partial charge in [0.2, 0.25) is 0 Å². The predicted octanol–water partition coefficient (Wildman–Crippen LogP) is 2.40. The van der Waals surface area contributed by atoms with Crippen LogP contribution in [-0.4, -0.2) is 26.4 Å². The first-order valence-corrected chi connectivity index (χ1v) is 9.42. The molecule has 0 aliphatic rings. The average Bonchev–Trinajstić information content (AvgIpc) is 2.52. The zero-order valence-corrected chi connectivity index (χ0v) is 15.7. The van der Waals surface area contributed by atoms with Crippen molar-refractivity contribution in [2.75, 3.05) is 11.3 Å². The Morgan fingerprint density at radius 2 is 1.77 bits per heavy atom. The van der Waals surface area contributed by atoms with E-state index in [4.69, 9.17) is 5.73 Å². The summed E-state index contributed by atoms with van der Waals surface area (Å²) < 4.78 is 40.5. The van der Waals surface area contributed by atoms with Gasteiger partial charge in [-0.1, -0.05) is 0 Å². The maximum Gasteiger partial charge on any atom is 0.262 e. The van der Waals surface area contributed by atoms with Gasteiger partial charge in [0.15, 0.2) is 0 Å². The maximum atomic E-state index is 13.2. The SMILES string of the molecule is Cc1cc(F)ccc1S(=O)(=O)Nc1ccc(C(=O)NCC(C)(C)N)cc1. The number of anilines is 1. The van der Waals surface area contributed by atoms with Gasteiger partial charge in [-0.05, 0) is 68.8 Å². The molecule has 26 heavy (non-hydrogen) atoms. The Morgan fingerprint density at radius 3 is 2.31 bits per heavy atom. The van der Waals surface area contributed by atoms with E-state index in [2.05, 4.69) is 10.0 Å². The molecule has 0 heterocycles. The molecule has 6 nitrogen and oxygen atoms in total. The van der Waals surface area contributed by atoms with Crippen LogP contribution in [0, 0.1) is 12.7 Å². The van der Waals surface area contributed by atoms with Crippen molar-refractivity contribution in [3.05, 3.63) is 59.4 Å². The molecule has 0 saturated carbocycles. The molecular weight excluding hydrogens is 357 g/mol. The van der Waals surface area contributed by atoms with Gasteiger partial charge in [0, 0.05) is 23.3 Å². The van der Waals surface area contributed by atoms with Gasteiger partial charge in [0.25, 0.3) is 15.9 Å². The van der Waals surface area contributed by atoms with Crippen LogP contribution in [0.25, 0.3) is 0 Å². The second kappa shape index (κ2) is 7.43. The molecule has 2 rings (SSSR count).